The van der Waals surface area contributed by atoms with Crippen LogP contribution in [0.15, 0.2) is 48.5 Å². The maximum atomic E-state index is 12.7. The van der Waals surface area contributed by atoms with Crippen LogP contribution in [0.5, 0.6) is 5.75 Å². The summed E-state index contributed by atoms with van der Waals surface area (Å²) >= 11 is 0. The van der Waals surface area contributed by atoms with Crippen molar-refractivity contribution < 1.29 is 28.8 Å². The number of nitrogens with one attached hydrogen (secondary N) is 1. The van der Waals surface area contributed by atoms with E-state index in [9.17, 15) is 29.3 Å². The summed E-state index contributed by atoms with van der Waals surface area (Å²) in [6.07, 6.45) is 0. The highest BCUT2D eigenvalue weighted by Crippen LogP contribution is 2.31. The molecule has 0 unspecified atom stereocenters. The molecule has 1 aliphatic rings. The lowest BCUT2D eigenvalue weighted by Crippen LogP contribution is -2.39. The number of non-ortho nitro benzene ring substituents is 1. The number of anilines is 2. The number of urea groups is 1. The van der Waals surface area contributed by atoms with Gasteiger partial charge in [0.25, 0.3) is 5.69 Å². The predicted molar refractivity (Wildman–Crippen MR) is 104 cm³/mol. The van der Waals surface area contributed by atoms with Crippen LogP contribution in [0.2, 0.25) is 0 Å². The van der Waals surface area contributed by atoms with Crippen molar-refractivity contribution in [2.24, 2.45) is 0 Å². The number of imide groups is 2. The molecule has 5 amide bonds. The third-order valence-corrected chi connectivity index (χ3v) is 4.10. The Morgan fingerprint density at radius 1 is 1.10 bits per heavy atom. The number of nitro groups is 1. The maximum absolute atomic E-state index is 12.7. The first-order valence-corrected chi connectivity index (χ1v) is 8.79. The molecular weight excluding hydrogens is 396 g/mol. The van der Waals surface area contributed by atoms with Gasteiger partial charge in [-0.1, -0.05) is 18.2 Å². The third kappa shape index (κ3) is 3.94. The molecule has 2 aromatic carbocycles. The Labute approximate surface area is 170 Å². The zero-order chi connectivity index (χ0) is 21.8. The summed E-state index contributed by atoms with van der Waals surface area (Å²) in [6, 6.07) is 10.4. The van der Waals surface area contributed by atoms with E-state index in [1.54, 1.807) is 25.1 Å². The summed E-state index contributed by atoms with van der Waals surface area (Å²) in [7, 11) is 0. The van der Waals surface area contributed by atoms with Crippen LogP contribution in [0.3, 0.4) is 0 Å². The maximum Gasteiger partial charge on any atom is 0.339 e. The fourth-order valence-corrected chi connectivity index (χ4v) is 2.82. The summed E-state index contributed by atoms with van der Waals surface area (Å²) < 4.78 is 5.40. The van der Waals surface area contributed by atoms with E-state index in [4.69, 9.17) is 4.74 Å². The number of ether oxygens (including phenoxy) is 1. The number of carbonyl (C=O) groups is 4. The molecule has 30 heavy (non-hydrogen) atoms. The van der Waals surface area contributed by atoms with Crippen molar-refractivity contribution in [3.63, 3.8) is 0 Å². The summed E-state index contributed by atoms with van der Waals surface area (Å²) in [5.74, 6) is -2.85. The minimum atomic E-state index is -1.17. The van der Waals surface area contributed by atoms with Crippen molar-refractivity contribution >= 4 is 40.8 Å². The number of benzene rings is 2. The van der Waals surface area contributed by atoms with Gasteiger partial charge in [0.05, 0.1) is 17.2 Å². The van der Waals surface area contributed by atoms with Crippen molar-refractivity contribution in [2.75, 3.05) is 23.4 Å². The van der Waals surface area contributed by atoms with E-state index in [-0.39, 0.29) is 29.4 Å². The standard InChI is InChI=1S/C19H16N4O7/c1-2-30-15-9-4-3-8-14(15)22-18(26)17(25)21(19(22)27)11-16(24)20-12-6-5-7-13(10-12)23(28)29/h3-10H,2,11H2,1H3,(H,20,24). The Morgan fingerprint density at radius 3 is 2.53 bits per heavy atom. The second-order valence-electron chi connectivity index (χ2n) is 6.07. The predicted octanol–water partition coefficient (Wildman–Crippen LogP) is 1.93. The Balaban J connectivity index is 1.78. The number of hydrogen-bond donors (Lipinski definition) is 1. The second-order valence-corrected chi connectivity index (χ2v) is 6.07. The first kappa shape index (κ1) is 20.5. The molecule has 0 bridgehead atoms. The summed E-state index contributed by atoms with van der Waals surface area (Å²) in [5.41, 5.74) is -0.0440. The first-order chi connectivity index (χ1) is 14.3. The van der Waals surface area contributed by atoms with Crippen molar-refractivity contribution in [1.82, 2.24) is 4.90 Å². The number of hydrogen-bond acceptors (Lipinski definition) is 7. The minimum Gasteiger partial charge on any atom is -0.492 e. The molecule has 2 aromatic rings. The van der Waals surface area contributed by atoms with Gasteiger partial charge in [-0.3, -0.25) is 24.5 Å². The van der Waals surface area contributed by atoms with Gasteiger partial charge < -0.3 is 10.1 Å². The number of para-hydroxylation sites is 2. The summed E-state index contributed by atoms with van der Waals surface area (Å²) in [5, 5.41) is 13.2. The molecule has 0 aromatic heterocycles. The second kappa shape index (κ2) is 8.39. The van der Waals surface area contributed by atoms with Gasteiger partial charge >= 0.3 is 17.8 Å². The van der Waals surface area contributed by atoms with Gasteiger partial charge in [-0.05, 0) is 25.1 Å². The minimum absolute atomic E-state index is 0.0873. The highest BCUT2D eigenvalue weighted by Gasteiger charge is 2.47. The lowest BCUT2D eigenvalue weighted by molar-refractivity contribution is -0.384. The largest absolute Gasteiger partial charge is 0.492 e. The van der Waals surface area contributed by atoms with Crippen LogP contribution < -0.4 is 15.0 Å². The highest BCUT2D eigenvalue weighted by atomic mass is 16.6. The molecule has 3 rings (SSSR count). The van der Waals surface area contributed by atoms with E-state index < -0.39 is 35.2 Å². The summed E-state index contributed by atoms with van der Waals surface area (Å²) in [6.45, 7) is 1.26. The fraction of sp³-hybridized carbons (Fsp3) is 0.158. The first-order valence-electron chi connectivity index (χ1n) is 8.79. The molecule has 1 saturated heterocycles. The molecule has 154 valence electrons. The third-order valence-electron chi connectivity index (χ3n) is 4.10. The van der Waals surface area contributed by atoms with Crippen LogP contribution in [0, 0.1) is 10.1 Å². The molecule has 0 saturated carbocycles. The van der Waals surface area contributed by atoms with Crippen LogP contribution in [0.1, 0.15) is 6.92 Å². The molecule has 1 N–H and O–H groups in total. The average Bonchev–Trinajstić information content (AvgIpc) is 2.92. The van der Waals surface area contributed by atoms with E-state index in [1.807, 2.05) is 0 Å². The van der Waals surface area contributed by atoms with Crippen molar-refractivity contribution in [3.05, 3.63) is 58.6 Å². The van der Waals surface area contributed by atoms with Crippen LogP contribution in [-0.2, 0) is 14.4 Å². The molecule has 0 radical (unpaired) electrons. The van der Waals surface area contributed by atoms with E-state index in [1.165, 1.54) is 24.3 Å². The van der Waals surface area contributed by atoms with E-state index in [0.717, 1.165) is 6.07 Å². The van der Waals surface area contributed by atoms with Crippen LogP contribution in [0.25, 0.3) is 0 Å². The Kier molecular flexibility index (Phi) is 5.72. The molecule has 11 nitrogen and oxygen atoms in total. The lowest BCUT2D eigenvalue weighted by Gasteiger charge is -2.18. The van der Waals surface area contributed by atoms with Gasteiger partial charge in [-0.2, -0.15) is 0 Å². The van der Waals surface area contributed by atoms with E-state index >= 15 is 0 Å². The zero-order valence-corrected chi connectivity index (χ0v) is 15.7. The molecule has 1 heterocycles. The smallest absolute Gasteiger partial charge is 0.339 e. The zero-order valence-electron chi connectivity index (χ0n) is 15.7. The quantitative estimate of drug-likeness (QED) is 0.317. The number of amides is 5. The fourth-order valence-electron chi connectivity index (χ4n) is 2.82. The average molecular weight is 412 g/mol. The van der Waals surface area contributed by atoms with Crippen LogP contribution in [-0.4, -0.2) is 46.7 Å². The highest BCUT2D eigenvalue weighted by molar-refractivity contribution is 6.53. The SMILES string of the molecule is CCOc1ccccc1N1C(=O)C(=O)N(CC(=O)Nc2cccc([N+](=O)[O-])c2)C1=O. The van der Waals surface area contributed by atoms with Gasteiger partial charge in [0, 0.05) is 17.8 Å². The summed E-state index contributed by atoms with van der Waals surface area (Å²) in [4.78, 5) is 61.0. The molecular formula is C19H16N4O7. The number of rotatable bonds is 7. The van der Waals surface area contributed by atoms with Crippen molar-refractivity contribution in [1.29, 1.82) is 0 Å². The van der Waals surface area contributed by atoms with Crippen molar-refractivity contribution in [2.45, 2.75) is 6.92 Å². The molecule has 1 fully saturated rings. The molecule has 11 heteroatoms. The molecule has 1 aliphatic heterocycles. The Hall–Kier alpha value is -4.28. The van der Waals surface area contributed by atoms with E-state index in [2.05, 4.69) is 5.32 Å². The number of nitrogens with zero attached hydrogens (tertiary/aromatic N) is 3. The topological polar surface area (TPSA) is 139 Å². The lowest BCUT2D eigenvalue weighted by atomic mass is 10.2. The molecule has 0 spiro atoms. The van der Waals surface area contributed by atoms with Crippen LogP contribution >= 0.6 is 0 Å². The van der Waals surface area contributed by atoms with Crippen molar-refractivity contribution in [3.8, 4) is 5.75 Å². The number of nitro benzene ring substituents is 1. The molecule has 0 atom stereocenters. The van der Waals surface area contributed by atoms with Crippen LogP contribution in [0.4, 0.5) is 21.9 Å². The normalized spacial score (nSPS) is 13.6. The Bertz CT molecular complexity index is 1050. The monoisotopic (exact) mass is 412 g/mol. The van der Waals surface area contributed by atoms with E-state index in [0.29, 0.717) is 9.80 Å². The number of carbonyl (C=O) groups excluding carboxylic acids is 4. The van der Waals surface area contributed by atoms with Gasteiger partial charge in [-0.25, -0.2) is 14.6 Å². The van der Waals surface area contributed by atoms with Gasteiger partial charge in [-0.15, -0.1) is 0 Å². The molecule has 0 aliphatic carbocycles. The van der Waals surface area contributed by atoms with Gasteiger partial charge in [0.1, 0.15) is 12.3 Å². The Morgan fingerprint density at radius 2 is 1.83 bits per heavy atom. The van der Waals surface area contributed by atoms with Gasteiger partial charge in [0.15, 0.2) is 0 Å². The van der Waals surface area contributed by atoms with Gasteiger partial charge in [0.2, 0.25) is 5.91 Å².